The van der Waals surface area contributed by atoms with Crippen molar-refractivity contribution in [3.8, 4) is 11.1 Å². The fraction of sp³-hybridized carbons (Fsp3) is 0.0667. The molecule has 2 aromatic carbocycles. The van der Waals surface area contributed by atoms with Crippen LogP contribution >= 0.6 is 0 Å². The van der Waals surface area contributed by atoms with E-state index in [4.69, 9.17) is 11.5 Å². The van der Waals surface area contributed by atoms with Crippen LogP contribution in [0.25, 0.3) is 11.1 Å². The maximum atomic E-state index is 13.7. The van der Waals surface area contributed by atoms with Crippen molar-refractivity contribution in [1.82, 2.24) is 0 Å². The maximum absolute atomic E-state index is 13.7. The van der Waals surface area contributed by atoms with Crippen molar-refractivity contribution >= 4 is 11.8 Å². The maximum Gasteiger partial charge on any atom is 0.251 e. The molecule has 0 atom stereocenters. The van der Waals surface area contributed by atoms with Crippen molar-refractivity contribution < 1.29 is 14.0 Å². The summed E-state index contributed by atoms with van der Waals surface area (Å²) in [5.74, 6) is -1.86. The molecule has 102 valence electrons. The van der Waals surface area contributed by atoms with Crippen LogP contribution in [0.3, 0.4) is 0 Å². The van der Waals surface area contributed by atoms with Crippen LogP contribution in [0.1, 0.15) is 15.9 Å². The summed E-state index contributed by atoms with van der Waals surface area (Å²) in [5, 5.41) is 0. The summed E-state index contributed by atoms with van der Waals surface area (Å²) < 4.78 is 13.7. The number of carbonyl (C=O) groups excluding carboxylic acids is 2. The molecular weight excluding hydrogens is 259 g/mol. The molecule has 0 bridgehead atoms. The molecule has 5 heteroatoms. The van der Waals surface area contributed by atoms with E-state index in [1.807, 2.05) is 0 Å². The van der Waals surface area contributed by atoms with E-state index in [1.54, 1.807) is 30.3 Å². The molecule has 0 fully saturated rings. The van der Waals surface area contributed by atoms with Crippen LogP contribution in [0, 0.1) is 5.82 Å². The first-order valence-electron chi connectivity index (χ1n) is 5.94. The minimum atomic E-state index is -0.800. The largest absolute Gasteiger partial charge is 0.369 e. The first-order valence-corrected chi connectivity index (χ1v) is 5.94. The van der Waals surface area contributed by atoms with Crippen LogP contribution < -0.4 is 11.5 Å². The highest BCUT2D eigenvalue weighted by Crippen LogP contribution is 2.22. The third-order valence-corrected chi connectivity index (χ3v) is 2.90. The number of halogens is 1. The Morgan fingerprint density at radius 1 is 0.950 bits per heavy atom. The number of nitrogens with two attached hydrogens (primary N) is 2. The van der Waals surface area contributed by atoms with Crippen LogP contribution in [0.5, 0.6) is 0 Å². The number of hydrogen-bond donors (Lipinski definition) is 2. The minimum absolute atomic E-state index is 0.140. The second-order valence-electron chi connectivity index (χ2n) is 4.40. The highest BCUT2D eigenvalue weighted by molar-refractivity contribution is 5.93. The normalized spacial score (nSPS) is 10.2. The Morgan fingerprint density at radius 3 is 2.05 bits per heavy atom. The van der Waals surface area contributed by atoms with E-state index >= 15 is 0 Å². The lowest BCUT2D eigenvalue weighted by Gasteiger charge is -2.05. The van der Waals surface area contributed by atoms with Crippen molar-refractivity contribution in [3.05, 3.63) is 59.4 Å². The standard InChI is InChI=1S/C15H13FN2O2/c16-13-8-11(5-6-12(13)15(18)20)10-3-1-9(2-4-10)7-14(17)19/h1-6,8H,7H2,(H2,17,19)(H2,18,20). The second-order valence-corrected chi connectivity index (χ2v) is 4.40. The van der Waals surface area contributed by atoms with Crippen LogP contribution in [-0.4, -0.2) is 11.8 Å². The molecule has 0 unspecified atom stereocenters. The van der Waals surface area contributed by atoms with Gasteiger partial charge in [0.25, 0.3) is 5.91 Å². The molecule has 0 aliphatic carbocycles. The number of carbonyl (C=O) groups is 2. The molecule has 2 aromatic rings. The van der Waals surface area contributed by atoms with Gasteiger partial charge in [0.2, 0.25) is 5.91 Å². The Hall–Kier alpha value is -2.69. The molecule has 0 aliphatic rings. The molecule has 0 spiro atoms. The predicted octanol–water partition coefficient (Wildman–Crippen LogP) is 1.62. The molecule has 0 saturated heterocycles. The third kappa shape index (κ3) is 3.00. The van der Waals surface area contributed by atoms with Gasteiger partial charge in [0, 0.05) is 0 Å². The highest BCUT2D eigenvalue weighted by atomic mass is 19.1. The molecule has 4 N–H and O–H groups in total. The summed E-state index contributed by atoms with van der Waals surface area (Å²) >= 11 is 0. The molecule has 0 heterocycles. The van der Waals surface area contributed by atoms with Gasteiger partial charge in [-0.25, -0.2) is 4.39 Å². The van der Waals surface area contributed by atoms with E-state index in [1.165, 1.54) is 12.1 Å². The third-order valence-electron chi connectivity index (χ3n) is 2.90. The zero-order valence-corrected chi connectivity index (χ0v) is 10.6. The Labute approximate surface area is 115 Å². The zero-order valence-electron chi connectivity index (χ0n) is 10.6. The van der Waals surface area contributed by atoms with Gasteiger partial charge in [-0.1, -0.05) is 30.3 Å². The first-order chi connectivity index (χ1) is 9.47. The van der Waals surface area contributed by atoms with Gasteiger partial charge in [-0.05, 0) is 28.8 Å². The zero-order chi connectivity index (χ0) is 14.7. The summed E-state index contributed by atoms with van der Waals surface area (Å²) in [5.41, 5.74) is 12.2. The van der Waals surface area contributed by atoms with Gasteiger partial charge < -0.3 is 11.5 Å². The Balaban J connectivity index is 2.30. The lowest BCUT2D eigenvalue weighted by atomic mass is 10.0. The van der Waals surface area contributed by atoms with Crippen LogP contribution in [0.15, 0.2) is 42.5 Å². The van der Waals surface area contributed by atoms with Crippen molar-refractivity contribution in [2.45, 2.75) is 6.42 Å². The summed E-state index contributed by atoms with van der Waals surface area (Å²) in [6.07, 6.45) is 0.162. The molecule has 2 amide bonds. The fourth-order valence-electron chi connectivity index (χ4n) is 1.91. The van der Waals surface area contributed by atoms with Gasteiger partial charge in [0.05, 0.1) is 12.0 Å². The summed E-state index contributed by atoms with van der Waals surface area (Å²) in [6, 6.07) is 11.2. The average molecular weight is 272 g/mol. The number of benzene rings is 2. The number of rotatable bonds is 4. The van der Waals surface area contributed by atoms with Crippen molar-refractivity contribution in [1.29, 1.82) is 0 Å². The quantitative estimate of drug-likeness (QED) is 0.886. The van der Waals surface area contributed by atoms with E-state index in [-0.39, 0.29) is 12.0 Å². The van der Waals surface area contributed by atoms with E-state index in [2.05, 4.69) is 0 Å². The van der Waals surface area contributed by atoms with Gasteiger partial charge in [0.15, 0.2) is 0 Å². The molecule has 2 rings (SSSR count). The minimum Gasteiger partial charge on any atom is -0.369 e. The lowest BCUT2D eigenvalue weighted by Crippen LogP contribution is -2.13. The number of hydrogen-bond acceptors (Lipinski definition) is 2. The van der Waals surface area contributed by atoms with E-state index in [0.717, 1.165) is 11.1 Å². The van der Waals surface area contributed by atoms with Crippen molar-refractivity contribution in [2.24, 2.45) is 11.5 Å². The van der Waals surface area contributed by atoms with Gasteiger partial charge >= 0.3 is 0 Å². The van der Waals surface area contributed by atoms with Gasteiger partial charge in [-0.3, -0.25) is 9.59 Å². The van der Waals surface area contributed by atoms with Crippen molar-refractivity contribution in [3.63, 3.8) is 0 Å². The van der Waals surface area contributed by atoms with Crippen LogP contribution in [0.2, 0.25) is 0 Å². The summed E-state index contributed by atoms with van der Waals surface area (Å²) in [4.78, 5) is 21.8. The summed E-state index contributed by atoms with van der Waals surface area (Å²) in [7, 11) is 0. The molecule has 0 aromatic heterocycles. The second kappa shape index (κ2) is 5.52. The molecule has 0 aliphatic heterocycles. The first kappa shape index (κ1) is 13.7. The number of primary amides is 2. The average Bonchev–Trinajstić information content (AvgIpc) is 2.38. The molecular formula is C15H13FN2O2. The summed E-state index contributed by atoms with van der Waals surface area (Å²) in [6.45, 7) is 0. The Kier molecular flexibility index (Phi) is 3.79. The van der Waals surface area contributed by atoms with Crippen molar-refractivity contribution in [2.75, 3.05) is 0 Å². The van der Waals surface area contributed by atoms with Crippen LogP contribution in [-0.2, 0) is 11.2 Å². The Bertz CT molecular complexity index is 666. The molecule has 20 heavy (non-hydrogen) atoms. The highest BCUT2D eigenvalue weighted by Gasteiger charge is 2.09. The predicted molar refractivity (Wildman–Crippen MR) is 73.3 cm³/mol. The fourth-order valence-corrected chi connectivity index (χ4v) is 1.91. The molecule has 0 saturated carbocycles. The van der Waals surface area contributed by atoms with Gasteiger partial charge in [-0.15, -0.1) is 0 Å². The topological polar surface area (TPSA) is 86.2 Å². The number of amides is 2. The molecule has 0 radical (unpaired) electrons. The smallest absolute Gasteiger partial charge is 0.251 e. The lowest BCUT2D eigenvalue weighted by molar-refractivity contribution is -0.117. The van der Waals surface area contributed by atoms with E-state index < -0.39 is 17.6 Å². The van der Waals surface area contributed by atoms with E-state index in [9.17, 15) is 14.0 Å². The van der Waals surface area contributed by atoms with E-state index in [0.29, 0.717) is 5.56 Å². The SMILES string of the molecule is NC(=O)Cc1ccc(-c2ccc(C(N)=O)c(F)c2)cc1. The van der Waals surface area contributed by atoms with Gasteiger partial charge in [-0.2, -0.15) is 0 Å². The Morgan fingerprint density at radius 2 is 1.55 bits per heavy atom. The molecule has 4 nitrogen and oxygen atoms in total. The van der Waals surface area contributed by atoms with Crippen LogP contribution in [0.4, 0.5) is 4.39 Å². The van der Waals surface area contributed by atoms with Gasteiger partial charge in [0.1, 0.15) is 5.82 Å². The monoisotopic (exact) mass is 272 g/mol.